The number of rotatable bonds is 6. The first-order valence-electron chi connectivity index (χ1n) is 5.64. The van der Waals surface area contributed by atoms with Crippen LogP contribution in [0.3, 0.4) is 0 Å². The summed E-state index contributed by atoms with van der Waals surface area (Å²) in [5, 5.41) is 19.4. The van der Waals surface area contributed by atoms with Crippen LogP contribution in [0.2, 0.25) is 0 Å². The summed E-state index contributed by atoms with van der Waals surface area (Å²) < 4.78 is 0. The van der Waals surface area contributed by atoms with Gasteiger partial charge in [0.15, 0.2) is 0 Å². The third-order valence-electron chi connectivity index (χ3n) is 3.04. The third kappa shape index (κ3) is 2.94. The van der Waals surface area contributed by atoms with Crippen LogP contribution < -0.4 is 0 Å². The molecule has 0 fully saturated rings. The van der Waals surface area contributed by atoms with Gasteiger partial charge in [0.05, 0.1) is 5.60 Å². The van der Waals surface area contributed by atoms with E-state index < -0.39 is 5.60 Å². The van der Waals surface area contributed by atoms with Crippen LogP contribution in [0.4, 0.5) is 0 Å². The molecule has 2 heteroatoms. The smallest absolute Gasteiger partial charge is 0.0930 e. The first kappa shape index (κ1) is 12.9. The van der Waals surface area contributed by atoms with Gasteiger partial charge < -0.3 is 10.2 Å². The van der Waals surface area contributed by atoms with Gasteiger partial charge in [-0.1, -0.05) is 36.4 Å². The SMILES string of the molecule is C=C[C@H](CCCO)[C@](C)(O)c1ccccc1. The molecule has 0 aromatic heterocycles. The van der Waals surface area contributed by atoms with Crippen molar-refractivity contribution in [2.24, 2.45) is 5.92 Å². The van der Waals surface area contributed by atoms with Crippen LogP contribution in [0.15, 0.2) is 43.0 Å². The maximum absolute atomic E-state index is 10.5. The van der Waals surface area contributed by atoms with Crippen molar-refractivity contribution in [1.82, 2.24) is 0 Å². The predicted molar refractivity (Wildman–Crippen MR) is 66.0 cm³/mol. The van der Waals surface area contributed by atoms with Crippen molar-refractivity contribution in [2.45, 2.75) is 25.4 Å². The van der Waals surface area contributed by atoms with Gasteiger partial charge in [0.1, 0.15) is 0 Å². The zero-order valence-corrected chi connectivity index (χ0v) is 9.76. The van der Waals surface area contributed by atoms with Gasteiger partial charge in [0, 0.05) is 12.5 Å². The Hall–Kier alpha value is -1.12. The number of hydrogen-bond acceptors (Lipinski definition) is 2. The highest BCUT2D eigenvalue weighted by Gasteiger charge is 2.30. The Morgan fingerprint density at radius 1 is 1.38 bits per heavy atom. The summed E-state index contributed by atoms with van der Waals surface area (Å²) in [5.41, 5.74) is -0.0316. The topological polar surface area (TPSA) is 40.5 Å². The lowest BCUT2D eigenvalue weighted by atomic mass is 9.80. The van der Waals surface area contributed by atoms with E-state index >= 15 is 0 Å². The summed E-state index contributed by atoms with van der Waals surface area (Å²) in [4.78, 5) is 0. The quantitative estimate of drug-likeness (QED) is 0.723. The molecule has 0 amide bonds. The number of hydrogen-bond donors (Lipinski definition) is 2. The average molecular weight is 220 g/mol. The second kappa shape index (κ2) is 5.83. The maximum atomic E-state index is 10.5. The van der Waals surface area contributed by atoms with E-state index in [1.807, 2.05) is 30.3 Å². The molecule has 2 atom stereocenters. The van der Waals surface area contributed by atoms with E-state index in [-0.39, 0.29) is 12.5 Å². The van der Waals surface area contributed by atoms with Gasteiger partial charge in [-0.2, -0.15) is 0 Å². The van der Waals surface area contributed by atoms with E-state index in [0.29, 0.717) is 6.42 Å². The molecule has 88 valence electrons. The van der Waals surface area contributed by atoms with Crippen molar-refractivity contribution >= 4 is 0 Å². The molecule has 1 aromatic rings. The summed E-state index contributed by atoms with van der Waals surface area (Å²) in [6.07, 6.45) is 3.18. The number of aliphatic hydroxyl groups excluding tert-OH is 1. The van der Waals surface area contributed by atoms with Crippen LogP contribution in [-0.4, -0.2) is 16.8 Å². The standard InChI is InChI=1S/C14H20O2/c1-3-12(10-7-11-15)14(2,16)13-8-5-4-6-9-13/h3-6,8-9,12,15-16H,1,7,10-11H2,2H3/t12-,14+/m1/s1. The number of benzene rings is 1. The first-order valence-corrected chi connectivity index (χ1v) is 5.64. The van der Waals surface area contributed by atoms with E-state index in [0.717, 1.165) is 12.0 Å². The van der Waals surface area contributed by atoms with E-state index in [1.54, 1.807) is 13.0 Å². The van der Waals surface area contributed by atoms with E-state index in [9.17, 15) is 5.11 Å². The third-order valence-corrected chi connectivity index (χ3v) is 3.04. The van der Waals surface area contributed by atoms with Crippen LogP contribution in [0.1, 0.15) is 25.3 Å². The zero-order chi connectivity index (χ0) is 12.0. The lowest BCUT2D eigenvalue weighted by Crippen LogP contribution is -2.30. The summed E-state index contributed by atoms with van der Waals surface area (Å²) in [5.74, 6) is -0.0398. The summed E-state index contributed by atoms with van der Waals surface area (Å²) in [6.45, 7) is 5.71. The van der Waals surface area contributed by atoms with E-state index in [2.05, 4.69) is 6.58 Å². The van der Waals surface area contributed by atoms with Crippen molar-refractivity contribution in [2.75, 3.05) is 6.61 Å². The van der Waals surface area contributed by atoms with Crippen molar-refractivity contribution in [3.8, 4) is 0 Å². The molecule has 1 rings (SSSR count). The normalized spacial score (nSPS) is 16.4. The molecule has 0 aliphatic carbocycles. The van der Waals surface area contributed by atoms with Crippen LogP contribution in [0, 0.1) is 5.92 Å². The number of aliphatic hydroxyl groups is 2. The maximum Gasteiger partial charge on any atom is 0.0930 e. The molecule has 0 saturated carbocycles. The molecule has 2 N–H and O–H groups in total. The molecule has 2 nitrogen and oxygen atoms in total. The Kier molecular flexibility index (Phi) is 4.71. The molecule has 0 spiro atoms. The first-order chi connectivity index (χ1) is 7.62. The van der Waals surface area contributed by atoms with Gasteiger partial charge in [-0.25, -0.2) is 0 Å². The fraction of sp³-hybridized carbons (Fsp3) is 0.429. The average Bonchev–Trinajstić information content (AvgIpc) is 2.31. The van der Waals surface area contributed by atoms with Crippen LogP contribution in [0.25, 0.3) is 0 Å². The summed E-state index contributed by atoms with van der Waals surface area (Å²) in [7, 11) is 0. The minimum absolute atomic E-state index is 0.0398. The van der Waals surface area contributed by atoms with Crippen LogP contribution in [-0.2, 0) is 5.60 Å². The van der Waals surface area contributed by atoms with Gasteiger partial charge in [0.25, 0.3) is 0 Å². The van der Waals surface area contributed by atoms with Gasteiger partial charge >= 0.3 is 0 Å². The Bertz CT molecular complexity index is 317. The lowest BCUT2D eigenvalue weighted by Gasteiger charge is -2.31. The molecular formula is C14H20O2. The minimum Gasteiger partial charge on any atom is -0.396 e. The van der Waals surface area contributed by atoms with Gasteiger partial charge in [-0.05, 0) is 25.3 Å². The summed E-state index contributed by atoms with van der Waals surface area (Å²) in [6, 6.07) is 9.58. The van der Waals surface area contributed by atoms with Crippen molar-refractivity contribution in [3.63, 3.8) is 0 Å². The Labute approximate surface area is 97.2 Å². The molecule has 0 saturated heterocycles. The Morgan fingerprint density at radius 2 is 2.00 bits per heavy atom. The van der Waals surface area contributed by atoms with Crippen molar-refractivity contribution in [3.05, 3.63) is 48.6 Å². The van der Waals surface area contributed by atoms with Crippen LogP contribution >= 0.6 is 0 Å². The van der Waals surface area contributed by atoms with Gasteiger partial charge in [-0.3, -0.25) is 0 Å². The highest BCUT2D eigenvalue weighted by atomic mass is 16.3. The molecule has 0 unspecified atom stereocenters. The van der Waals surface area contributed by atoms with Crippen LogP contribution in [0.5, 0.6) is 0 Å². The predicted octanol–water partition coefficient (Wildman–Crippen LogP) is 2.47. The zero-order valence-electron chi connectivity index (χ0n) is 9.76. The highest BCUT2D eigenvalue weighted by molar-refractivity contribution is 5.23. The lowest BCUT2D eigenvalue weighted by molar-refractivity contribution is 0.00825. The molecule has 0 bridgehead atoms. The minimum atomic E-state index is -0.918. The van der Waals surface area contributed by atoms with E-state index in [4.69, 9.17) is 5.11 Å². The fourth-order valence-electron chi connectivity index (χ4n) is 1.93. The largest absolute Gasteiger partial charge is 0.396 e. The monoisotopic (exact) mass is 220 g/mol. The van der Waals surface area contributed by atoms with E-state index in [1.165, 1.54) is 0 Å². The fourth-order valence-corrected chi connectivity index (χ4v) is 1.93. The Balaban J connectivity index is 2.85. The second-order valence-electron chi connectivity index (χ2n) is 4.22. The highest BCUT2D eigenvalue weighted by Crippen LogP contribution is 2.32. The molecular weight excluding hydrogens is 200 g/mol. The molecule has 0 radical (unpaired) electrons. The summed E-state index contributed by atoms with van der Waals surface area (Å²) >= 11 is 0. The van der Waals surface area contributed by atoms with Crippen molar-refractivity contribution in [1.29, 1.82) is 0 Å². The van der Waals surface area contributed by atoms with Gasteiger partial charge in [0.2, 0.25) is 0 Å². The van der Waals surface area contributed by atoms with Gasteiger partial charge in [-0.15, -0.1) is 6.58 Å². The Morgan fingerprint density at radius 3 is 2.50 bits per heavy atom. The van der Waals surface area contributed by atoms with Crippen molar-refractivity contribution < 1.29 is 10.2 Å². The molecule has 16 heavy (non-hydrogen) atoms. The second-order valence-corrected chi connectivity index (χ2v) is 4.22. The molecule has 1 aromatic carbocycles. The molecule has 0 heterocycles. The molecule has 0 aliphatic heterocycles. The molecule has 0 aliphatic rings.